The van der Waals surface area contributed by atoms with Gasteiger partial charge in [-0.3, -0.25) is 0 Å². The first kappa shape index (κ1) is 21.3. The van der Waals surface area contributed by atoms with Crippen molar-refractivity contribution in [2.45, 2.75) is 66.0 Å². The lowest BCUT2D eigenvalue weighted by Gasteiger charge is -2.36. The second kappa shape index (κ2) is 10.2. The van der Waals surface area contributed by atoms with Gasteiger partial charge in [-0.25, -0.2) is 0 Å². The van der Waals surface area contributed by atoms with Crippen LogP contribution in [0, 0.1) is 0 Å². The monoisotopic (exact) mass is 332 g/mol. The Balaban J connectivity index is 4.32. The molecule has 0 unspecified atom stereocenters. The standard InChI is InChI=1S/C16H40N2OSi2/c1-9-17(10-2)13-15-20(5,6)19-21(7,8)16-14-18(11-3)12-4/h9-16H2,1-8H3. The first-order chi connectivity index (χ1) is 9.69. The lowest BCUT2D eigenvalue weighted by Crippen LogP contribution is -2.47. The van der Waals surface area contributed by atoms with Crippen molar-refractivity contribution in [2.75, 3.05) is 39.3 Å². The van der Waals surface area contributed by atoms with Crippen LogP contribution in [0.25, 0.3) is 0 Å². The summed E-state index contributed by atoms with van der Waals surface area (Å²) in [7, 11) is -3.05. The van der Waals surface area contributed by atoms with Crippen molar-refractivity contribution < 1.29 is 4.12 Å². The molecule has 0 bridgehead atoms. The summed E-state index contributed by atoms with van der Waals surface area (Å²) in [6, 6.07) is 2.52. The molecule has 0 aromatic carbocycles. The molecule has 5 heteroatoms. The fourth-order valence-electron chi connectivity index (χ4n) is 2.78. The van der Waals surface area contributed by atoms with Crippen LogP contribution in [0.4, 0.5) is 0 Å². The fourth-order valence-corrected chi connectivity index (χ4v) is 11.3. The summed E-state index contributed by atoms with van der Waals surface area (Å²) >= 11 is 0. The Morgan fingerprint density at radius 3 is 1.14 bits per heavy atom. The molecule has 0 amide bonds. The van der Waals surface area contributed by atoms with Gasteiger partial charge in [-0.15, -0.1) is 0 Å². The molecule has 0 aliphatic carbocycles. The molecule has 0 fully saturated rings. The fraction of sp³-hybridized carbons (Fsp3) is 1.00. The molecule has 0 rings (SSSR count). The highest BCUT2D eigenvalue weighted by Gasteiger charge is 2.33. The molecule has 0 saturated carbocycles. The van der Waals surface area contributed by atoms with Gasteiger partial charge in [0.1, 0.15) is 0 Å². The van der Waals surface area contributed by atoms with Crippen molar-refractivity contribution in [3.05, 3.63) is 0 Å². The second-order valence-corrected chi connectivity index (χ2v) is 16.0. The molecule has 0 atom stereocenters. The normalized spacial score (nSPS) is 13.4. The lowest BCUT2D eigenvalue weighted by molar-refractivity contribution is 0.311. The zero-order chi connectivity index (χ0) is 16.5. The van der Waals surface area contributed by atoms with E-state index in [0.717, 1.165) is 26.2 Å². The van der Waals surface area contributed by atoms with Crippen molar-refractivity contribution in [3.8, 4) is 0 Å². The van der Waals surface area contributed by atoms with Crippen LogP contribution in [0.3, 0.4) is 0 Å². The van der Waals surface area contributed by atoms with Crippen LogP contribution >= 0.6 is 0 Å². The van der Waals surface area contributed by atoms with Gasteiger partial charge in [0.05, 0.1) is 0 Å². The van der Waals surface area contributed by atoms with E-state index in [9.17, 15) is 0 Å². The van der Waals surface area contributed by atoms with Gasteiger partial charge in [0, 0.05) is 0 Å². The van der Waals surface area contributed by atoms with Crippen molar-refractivity contribution in [3.63, 3.8) is 0 Å². The predicted octanol–water partition coefficient (Wildman–Crippen LogP) is 4.10. The van der Waals surface area contributed by atoms with E-state index in [0.29, 0.717) is 0 Å². The average molecular weight is 333 g/mol. The van der Waals surface area contributed by atoms with Crippen molar-refractivity contribution in [2.24, 2.45) is 0 Å². The largest absolute Gasteiger partial charge is 0.455 e. The summed E-state index contributed by atoms with van der Waals surface area (Å²) < 4.78 is 6.73. The first-order valence-electron chi connectivity index (χ1n) is 8.84. The Bertz CT molecular complexity index is 239. The van der Waals surface area contributed by atoms with Crippen LogP contribution in [0.5, 0.6) is 0 Å². The molecule has 0 heterocycles. The maximum Gasteiger partial charge on any atom is 0.174 e. The SMILES string of the molecule is CCN(CC)CC[Si](C)(C)O[Si](C)(C)CCN(CC)CC. The van der Waals surface area contributed by atoms with E-state index < -0.39 is 16.6 Å². The Morgan fingerprint density at radius 2 is 0.905 bits per heavy atom. The maximum absolute atomic E-state index is 6.73. The van der Waals surface area contributed by atoms with Gasteiger partial charge in [0.2, 0.25) is 0 Å². The highest BCUT2D eigenvalue weighted by molar-refractivity contribution is 6.84. The van der Waals surface area contributed by atoms with Crippen LogP contribution in [-0.2, 0) is 4.12 Å². The molecule has 0 aliphatic rings. The van der Waals surface area contributed by atoms with Crippen LogP contribution in [0.2, 0.25) is 38.3 Å². The van der Waals surface area contributed by atoms with Gasteiger partial charge in [-0.05, 0) is 77.5 Å². The summed E-state index contributed by atoms with van der Waals surface area (Å²) in [6.07, 6.45) is 0. The van der Waals surface area contributed by atoms with E-state index in [-0.39, 0.29) is 0 Å². The van der Waals surface area contributed by atoms with Crippen LogP contribution in [-0.4, -0.2) is 65.7 Å². The lowest BCUT2D eigenvalue weighted by atomic mass is 10.5. The summed E-state index contributed by atoms with van der Waals surface area (Å²) in [5.41, 5.74) is 0. The molecule has 0 saturated heterocycles. The Hall–Kier alpha value is 0.314. The third kappa shape index (κ3) is 9.84. The number of nitrogens with zero attached hydrogens (tertiary/aromatic N) is 2. The Labute approximate surface area is 136 Å². The summed E-state index contributed by atoms with van der Waals surface area (Å²) in [4.78, 5) is 5.03. The predicted molar refractivity (Wildman–Crippen MR) is 101 cm³/mol. The highest BCUT2D eigenvalue weighted by atomic mass is 28.4. The van der Waals surface area contributed by atoms with Crippen molar-refractivity contribution in [1.29, 1.82) is 0 Å². The zero-order valence-electron chi connectivity index (χ0n) is 16.0. The van der Waals surface area contributed by atoms with Gasteiger partial charge in [0.25, 0.3) is 0 Å². The van der Waals surface area contributed by atoms with E-state index in [2.05, 4.69) is 63.7 Å². The van der Waals surface area contributed by atoms with E-state index in [1.54, 1.807) is 0 Å². The summed E-state index contributed by atoms with van der Waals surface area (Å²) in [5, 5.41) is 0. The molecule has 0 aromatic rings. The molecule has 128 valence electrons. The Kier molecular flexibility index (Phi) is 10.3. The van der Waals surface area contributed by atoms with E-state index in [1.165, 1.54) is 25.2 Å². The number of hydrogen-bond donors (Lipinski definition) is 0. The van der Waals surface area contributed by atoms with Crippen LogP contribution in [0.15, 0.2) is 0 Å². The summed E-state index contributed by atoms with van der Waals surface area (Å²) in [5.74, 6) is 0. The molecular weight excluding hydrogens is 292 g/mol. The van der Waals surface area contributed by atoms with E-state index >= 15 is 0 Å². The van der Waals surface area contributed by atoms with Gasteiger partial charge in [-0.1, -0.05) is 27.7 Å². The van der Waals surface area contributed by atoms with Gasteiger partial charge in [-0.2, -0.15) is 0 Å². The average Bonchev–Trinajstić information content (AvgIpc) is 2.39. The van der Waals surface area contributed by atoms with Crippen LogP contribution < -0.4 is 0 Å². The smallest absolute Gasteiger partial charge is 0.174 e. The summed E-state index contributed by atoms with van der Waals surface area (Å²) in [6.45, 7) is 25.7. The Morgan fingerprint density at radius 1 is 0.619 bits per heavy atom. The van der Waals surface area contributed by atoms with Gasteiger partial charge in [0.15, 0.2) is 16.6 Å². The molecule has 0 aromatic heterocycles. The van der Waals surface area contributed by atoms with E-state index in [1.807, 2.05) is 0 Å². The third-order valence-corrected chi connectivity index (χ3v) is 11.7. The van der Waals surface area contributed by atoms with Gasteiger partial charge < -0.3 is 13.9 Å². The molecular formula is C16H40N2OSi2. The first-order valence-corrected chi connectivity index (χ1v) is 15.1. The van der Waals surface area contributed by atoms with Crippen molar-refractivity contribution >= 4 is 16.6 Å². The minimum absolute atomic E-state index is 1.16. The number of rotatable bonds is 12. The maximum atomic E-state index is 6.73. The molecule has 21 heavy (non-hydrogen) atoms. The molecule has 3 nitrogen and oxygen atoms in total. The molecule has 0 aliphatic heterocycles. The highest BCUT2D eigenvalue weighted by Crippen LogP contribution is 2.22. The van der Waals surface area contributed by atoms with E-state index in [4.69, 9.17) is 4.12 Å². The molecule has 0 N–H and O–H groups in total. The topological polar surface area (TPSA) is 15.7 Å². The molecule has 0 spiro atoms. The van der Waals surface area contributed by atoms with Crippen LogP contribution in [0.1, 0.15) is 27.7 Å². The quantitative estimate of drug-likeness (QED) is 0.500. The molecule has 0 radical (unpaired) electrons. The zero-order valence-corrected chi connectivity index (χ0v) is 18.0. The van der Waals surface area contributed by atoms with Gasteiger partial charge >= 0.3 is 0 Å². The minimum Gasteiger partial charge on any atom is -0.455 e. The van der Waals surface area contributed by atoms with Crippen molar-refractivity contribution in [1.82, 2.24) is 9.80 Å². The number of hydrogen-bond acceptors (Lipinski definition) is 3. The minimum atomic E-state index is -1.52. The third-order valence-electron chi connectivity index (χ3n) is 4.40. The second-order valence-electron chi connectivity index (χ2n) is 7.18.